The van der Waals surface area contributed by atoms with Crippen LogP contribution in [0.4, 0.5) is 0 Å². The molecule has 0 unspecified atom stereocenters. The van der Waals surface area contributed by atoms with E-state index in [1.807, 2.05) is 6.07 Å². The van der Waals surface area contributed by atoms with E-state index in [-0.39, 0.29) is 12.5 Å². The monoisotopic (exact) mass is 384 g/mol. The second-order valence-corrected chi connectivity index (χ2v) is 6.14. The highest BCUT2D eigenvalue weighted by Crippen LogP contribution is 2.26. The zero-order chi connectivity index (χ0) is 19.2. The van der Waals surface area contributed by atoms with Gasteiger partial charge >= 0.3 is 0 Å². The van der Waals surface area contributed by atoms with Crippen LogP contribution in [0, 0.1) is 0 Å². The van der Waals surface area contributed by atoms with Crippen LogP contribution >= 0.6 is 11.6 Å². The summed E-state index contributed by atoms with van der Waals surface area (Å²) in [6.45, 7) is 0.116. The van der Waals surface area contributed by atoms with Gasteiger partial charge in [0.1, 0.15) is 12.2 Å². The zero-order valence-corrected chi connectivity index (χ0v) is 15.3. The molecular formula is C19H17ClN4O3. The molecule has 3 aromatic rings. The molecule has 0 spiro atoms. The molecule has 1 amide bonds. The lowest BCUT2D eigenvalue weighted by molar-refractivity contribution is -0.122. The largest absolute Gasteiger partial charge is 0.494 e. The molecule has 7 nitrogen and oxygen atoms in total. The number of halogens is 1. The molecule has 0 saturated carbocycles. The predicted molar refractivity (Wildman–Crippen MR) is 102 cm³/mol. The Morgan fingerprint density at radius 2 is 2.04 bits per heavy atom. The molecule has 2 aromatic heterocycles. The molecule has 138 valence electrons. The Hall–Kier alpha value is -3.19. The zero-order valence-electron chi connectivity index (χ0n) is 14.6. The molecular weight excluding hydrogens is 368 g/mol. The summed E-state index contributed by atoms with van der Waals surface area (Å²) in [5.41, 5.74) is 1.61. The van der Waals surface area contributed by atoms with Crippen molar-refractivity contribution in [3.05, 3.63) is 75.8 Å². The van der Waals surface area contributed by atoms with Crippen molar-refractivity contribution in [1.29, 1.82) is 0 Å². The lowest BCUT2D eigenvalue weighted by Gasteiger charge is -2.11. The third-order valence-electron chi connectivity index (χ3n) is 3.81. The highest BCUT2D eigenvalue weighted by molar-refractivity contribution is 6.30. The summed E-state index contributed by atoms with van der Waals surface area (Å²) in [5, 5.41) is 7.63. The number of hydrogen-bond donors (Lipinski definition) is 1. The average Bonchev–Trinajstić information content (AvgIpc) is 2.69. The maximum absolute atomic E-state index is 12.3. The SMILES string of the molecule is COc1cc(=O)n(CC(=O)NCc2cccnc2)nc1-c1ccc(Cl)cc1. The van der Waals surface area contributed by atoms with E-state index < -0.39 is 5.56 Å². The fraction of sp³-hybridized carbons (Fsp3) is 0.158. The summed E-state index contributed by atoms with van der Waals surface area (Å²) < 4.78 is 6.36. The van der Waals surface area contributed by atoms with E-state index >= 15 is 0 Å². The van der Waals surface area contributed by atoms with Crippen molar-refractivity contribution in [3.63, 3.8) is 0 Å². The first-order valence-corrected chi connectivity index (χ1v) is 8.52. The fourth-order valence-electron chi connectivity index (χ4n) is 2.45. The predicted octanol–water partition coefficient (Wildman–Crippen LogP) is 2.28. The van der Waals surface area contributed by atoms with E-state index in [1.54, 1.807) is 42.7 Å². The topological polar surface area (TPSA) is 86.1 Å². The van der Waals surface area contributed by atoms with E-state index in [4.69, 9.17) is 16.3 Å². The Kier molecular flexibility index (Phi) is 5.83. The number of nitrogens with one attached hydrogen (secondary N) is 1. The number of pyridine rings is 1. The van der Waals surface area contributed by atoms with Crippen molar-refractivity contribution in [3.8, 4) is 17.0 Å². The van der Waals surface area contributed by atoms with E-state index in [0.29, 0.717) is 23.0 Å². The average molecular weight is 385 g/mol. The first-order valence-electron chi connectivity index (χ1n) is 8.14. The lowest BCUT2D eigenvalue weighted by atomic mass is 10.1. The van der Waals surface area contributed by atoms with Gasteiger partial charge in [0.05, 0.1) is 7.11 Å². The minimum atomic E-state index is -0.430. The van der Waals surface area contributed by atoms with Gasteiger partial charge in [-0.25, -0.2) is 4.68 Å². The van der Waals surface area contributed by atoms with Gasteiger partial charge in [0.25, 0.3) is 5.56 Å². The maximum Gasteiger partial charge on any atom is 0.270 e. The summed E-state index contributed by atoms with van der Waals surface area (Å²) in [6, 6.07) is 11.9. The fourth-order valence-corrected chi connectivity index (χ4v) is 2.57. The minimum absolute atomic E-state index is 0.205. The number of nitrogens with zero attached hydrogens (tertiary/aromatic N) is 3. The number of benzene rings is 1. The van der Waals surface area contributed by atoms with Gasteiger partial charge in [-0.05, 0) is 23.8 Å². The number of carbonyl (C=O) groups excluding carboxylic acids is 1. The van der Waals surface area contributed by atoms with E-state index in [9.17, 15) is 9.59 Å². The van der Waals surface area contributed by atoms with Crippen LogP contribution in [0.2, 0.25) is 5.02 Å². The molecule has 1 N–H and O–H groups in total. The summed E-state index contributed by atoms with van der Waals surface area (Å²) in [7, 11) is 1.46. The minimum Gasteiger partial charge on any atom is -0.494 e. The molecule has 27 heavy (non-hydrogen) atoms. The number of amides is 1. The molecule has 0 fully saturated rings. The molecule has 0 radical (unpaired) electrons. The number of hydrogen-bond acceptors (Lipinski definition) is 5. The second kappa shape index (κ2) is 8.46. The van der Waals surface area contributed by atoms with Crippen molar-refractivity contribution in [2.45, 2.75) is 13.1 Å². The van der Waals surface area contributed by atoms with Crippen LogP contribution in [0.5, 0.6) is 5.75 Å². The van der Waals surface area contributed by atoms with Gasteiger partial charge in [0.2, 0.25) is 5.91 Å². The molecule has 0 aliphatic heterocycles. The lowest BCUT2D eigenvalue weighted by Crippen LogP contribution is -2.33. The number of methoxy groups -OCH3 is 1. The van der Waals surface area contributed by atoms with E-state index in [0.717, 1.165) is 15.8 Å². The quantitative estimate of drug-likeness (QED) is 0.704. The molecule has 0 bridgehead atoms. The third-order valence-corrected chi connectivity index (χ3v) is 4.06. The van der Waals surface area contributed by atoms with Gasteiger partial charge in [-0.3, -0.25) is 14.6 Å². The van der Waals surface area contributed by atoms with Crippen molar-refractivity contribution in [2.75, 3.05) is 7.11 Å². The van der Waals surface area contributed by atoms with Gasteiger partial charge in [-0.1, -0.05) is 29.8 Å². The number of rotatable bonds is 6. The van der Waals surface area contributed by atoms with Gasteiger partial charge in [0, 0.05) is 35.6 Å². The maximum atomic E-state index is 12.3. The van der Waals surface area contributed by atoms with Gasteiger partial charge < -0.3 is 10.1 Å². The van der Waals surface area contributed by atoms with Crippen LogP contribution in [0.15, 0.2) is 59.7 Å². The smallest absolute Gasteiger partial charge is 0.270 e. The highest BCUT2D eigenvalue weighted by atomic mass is 35.5. The van der Waals surface area contributed by atoms with Gasteiger partial charge in [-0.2, -0.15) is 5.10 Å². The standard InChI is InChI=1S/C19H17ClN4O3/c1-27-16-9-18(26)24(23-19(16)14-4-6-15(20)7-5-14)12-17(25)22-11-13-3-2-8-21-10-13/h2-10H,11-12H2,1H3,(H,22,25). The summed E-state index contributed by atoms with van der Waals surface area (Å²) in [4.78, 5) is 28.4. The van der Waals surface area contributed by atoms with Crippen molar-refractivity contribution in [2.24, 2.45) is 0 Å². The van der Waals surface area contributed by atoms with Crippen molar-refractivity contribution >= 4 is 17.5 Å². The molecule has 0 atom stereocenters. The van der Waals surface area contributed by atoms with Gasteiger partial charge in [0.15, 0.2) is 5.75 Å². The molecule has 0 aliphatic carbocycles. The van der Waals surface area contributed by atoms with Crippen LogP contribution in [-0.4, -0.2) is 27.8 Å². The first kappa shape index (κ1) is 18.6. The highest BCUT2D eigenvalue weighted by Gasteiger charge is 2.14. The number of ether oxygens (including phenoxy) is 1. The van der Waals surface area contributed by atoms with Crippen molar-refractivity contribution in [1.82, 2.24) is 20.1 Å². The summed E-state index contributed by atoms with van der Waals surface area (Å²) >= 11 is 5.92. The Bertz CT molecular complexity index is 988. The van der Waals surface area contributed by atoms with Crippen LogP contribution in [0.25, 0.3) is 11.3 Å². The van der Waals surface area contributed by atoms with Crippen LogP contribution in [0.3, 0.4) is 0 Å². The summed E-state index contributed by atoms with van der Waals surface area (Å²) in [6.07, 6.45) is 3.32. The number of aromatic nitrogens is 3. The second-order valence-electron chi connectivity index (χ2n) is 5.70. The normalized spacial score (nSPS) is 10.4. The van der Waals surface area contributed by atoms with Crippen LogP contribution in [-0.2, 0) is 17.9 Å². The summed E-state index contributed by atoms with van der Waals surface area (Å²) in [5.74, 6) is -0.00461. The van der Waals surface area contributed by atoms with Crippen LogP contribution < -0.4 is 15.6 Å². The first-order chi connectivity index (χ1) is 13.1. The molecule has 8 heteroatoms. The third kappa shape index (κ3) is 4.71. The van der Waals surface area contributed by atoms with Crippen LogP contribution in [0.1, 0.15) is 5.56 Å². The molecule has 2 heterocycles. The Morgan fingerprint density at radius 1 is 1.26 bits per heavy atom. The van der Waals surface area contributed by atoms with Gasteiger partial charge in [-0.15, -0.1) is 0 Å². The van der Waals surface area contributed by atoms with E-state index in [2.05, 4.69) is 15.4 Å². The van der Waals surface area contributed by atoms with E-state index in [1.165, 1.54) is 13.2 Å². The molecule has 0 saturated heterocycles. The Morgan fingerprint density at radius 3 is 2.70 bits per heavy atom. The molecule has 0 aliphatic rings. The molecule has 1 aromatic carbocycles. The van der Waals surface area contributed by atoms with Crippen molar-refractivity contribution < 1.29 is 9.53 Å². The Labute approximate surface area is 160 Å². The number of carbonyl (C=O) groups is 1. The molecule has 3 rings (SSSR count). The Balaban J connectivity index is 1.80.